The van der Waals surface area contributed by atoms with Crippen molar-refractivity contribution >= 4 is 17.5 Å². The minimum absolute atomic E-state index is 0.164. The minimum atomic E-state index is -0.222. The number of aryl methyl sites for hydroxylation is 1. The number of Topliss-reactive ketones (excluding diaryl/α,β-unsaturated/α-hetero) is 1. The summed E-state index contributed by atoms with van der Waals surface area (Å²) in [5.74, 6) is 0.542. The van der Waals surface area contributed by atoms with Gasteiger partial charge in [0.25, 0.3) is 0 Å². The summed E-state index contributed by atoms with van der Waals surface area (Å²) in [5.41, 5.74) is 2.49. The number of ketones is 1. The molecule has 0 unspecified atom stereocenters. The van der Waals surface area contributed by atoms with Gasteiger partial charge in [-0.1, -0.05) is 6.07 Å². The Kier molecular flexibility index (Phi) is 4.96. The fraction of sp³-hybridized carbons (Fsp3) is 0.556. The average Bonchev–Trinajstić information content (AvgIpc) is 2.56. The van der Waals surface area contributed by atoms with E-state index in [1.54, 1.807) is 6.07 Å². The number of hydrogen-bond acceptors (Lipinski definition) is 3. The van der Waals surface area contributed by atoms with E-state index in [0.29, 0.717) is 18.0 Å². The van der Waals surface area contributed by atoms with E-state index in [1.165, 1.54) is 0 Å². The van der Waals surface area contributed by atoms with Gasteiger partial charge in [-0.2, -0.15) is 0 Å². The van der Waals surface area contributed by atoms with Crippen LogP contribution in [0.4, 0.5) is 10.5 Å². The Hall–Kier alpha value is -1.88. The molecule has 124 valence electrons. The molecule has 5 heteroatoms. The summed E-state index contributed by atoms with van der Waals surface area (Å²) in [6.45, 7) is 0.238. The molecule has 0 atom stereocenters. The first-order chi connectivity index (χ1) is 11.2. The second-order valence-electron chi connectivity index (χ2n) is 6.65. The summed E-state index contributed by atoms with van der Waals surface area (Å²) in [5, 5.41) is 15.0. The molecule has 0 saturated heterocycles. The van der Waals surface area contributed by atoms with Crippen LogP contribution in [0.25, 0.3) is 0 Å². The topological polar surface area (TPSA) is 78.4 Å². The third kappa shape index (κ3) is 3.91. The van der Waals surface area contributed by atoms with E-state index in [-0.39, 0.29) is 24.5 Å². The number of carbonyl (C=O) groups is 2. The number of carbonyl (C=O) groups excluding carboxylic acids is 2. The average molecular weight is 316 g/mol. The highest BCUT2D eigenvalue weighted by Crippen LogP contribution is 2.25. The van der Waals surface area contributed by atoms with Crippen molar-refractivity contribution in [3.8, 4) is 0 Å². The van der Waals surface area contributed by atoms with Crippen LogP contribution in [0.2, 0.25) is 0 Å². The van der Waals surface area contributed by atoms with E-state index in [4.69, 9.17) is 5.11 Å². The van der Waals surface area contributed by atoms with Gasteiger partial charge in [0.15, 0.2) is 5.78 Å². The van der Waals surface area contributed by atoms with Crippen molar-refractivity contribution in [2.75, 3.05) is 11.9 Å². The van der Waals surface area contributed by atoms with Crippen molar-refractivity contribution in [2.45, 2.75) is 51.0 Å². The van der Waals surface area contributed by atoms with Gasteiger partial charge in [0.05, 0.1) is 0 Å². The number of aliphatic hydroxyl groups excluding tert-OH is 1. The quantitative estimate of drug-likeness (QED) is 0.802. The van der Waals surface area contributed by atoms with Crippen molar-refractivity contribution in [1.29, 1.82) is 0 Å². The molecule has 3 rings (SSSR count). The van der Waals surface area contributed by atoms with Crippen LogP contribution in [0.3, 0.4) is 0 Å². The van der Waals surface area contributed by atoms with E-state index in [2.05, 4.69) is 10.6 Å². The summed E-state index contributed by atoms with van der Waals surface area (Å²) in [6.07, 6.45) is 6.15. The van der Waals surface area contributed by atoms with Crippen LogP contribution < -0.4 is 10.6 Å². The van der Waals surface area contributed by atoms with Crippen LogP contribution in [0.15, 0.2) is 18.2 Å². The fourth-order valence-electron chi connectivity index (χ4n) is 3.55. The zero-order valence-corrected chi connectivity index (χ0v) is 13.3. The summed E-state index contributed by atoms with van der Waals surface area (Å²) < 4.78 is 0. The highest BCUT2D eigenvalue weighted by Gasteiger charge is 2.22. The monoisotopic (exact) mass is 316 g/mol. The van der Waals surface area contributed by atoms with Crippen molar-refractivity contribution in [2.24, 2.45) is 5.92 Å². The van der Waals surface area contributed by atoms with Crippen molar-refractivity contribution < 1.29 is 14.7 Å². The highest BCUT2D eigenvalue weighted by atomic mass is 16.3. The van der Waals surface area contributed by atoms with Gasteiger partial charge in [0.1, 0.15) is 0 Å². The Morgan fingerprint density at radius 3 is 2.70 bits per heavy atom. The largest absolute Gasteiger partial charge is 0.396 e. The first kappa shape index (κ1) is 16.0. The SMILES string of the molecule is O=C(Nc1ccc2c(c1)C(=O)CCC2)NC1CCC(CO)CC1. The first-order valence-corrected chi connectivity index (χ1v) is 8.50. The molecular weight excluding hydrogens is 292 g/mol. The van der Waals surface area contributed by atoms with Gasteiger partial charge in [0.2, 0.25) is 0 Å². The lowest BCUT2D eigenvalue weighted by Gasteiger charge is -2.28. The Morgan fingerprint density at radius 2 is 1.96 bits per heavy atom. The smallest absolute Gasteiger partial charge is 0.319 e. The second kappa shape index (κ2) is 7.13. The Morgan fingerprint density at radius 1 is 1.17 bits per heavy atom. The lowest BCUT2D eigenvalue weighted by molar-refractivity contribution is 0.0972. The number of benzene rings is 1. The highest BCUT2D eigenvalue weighted by molar-refractivity contribution is 6.00. The molecule has 3 N–H and O–H groups in total. The number of nitrogens with one attached hydrogen (secondary N) is 2. The van der Waals surface area contributed by atoms with E-state index in [9.17, 15) is 9.59 Å². The molecule has 1 aromatic rings. The number of amides is 2. The van der Waals surface area contributed by atoms with Gasteiger partial charge in [-0.25, -0.2) is 4.79 Å². The van der Waals surface area contributed by atoms with Gasteiger partial charge < -0.3 is 15.7 Å². The van der Waals surface area contributed by atoms with Gasteiger partial charge >= 0.3 is 6.03 Å². The molecule has 2 aliphatic rings. The molecule has 1 saturated carbocycles. The van der Waals surface area contributed by atoms with Crippen LogP contribution >= 0.6 is 0 Å². The maximum absolute atomic E-state index is 12.1. The molecular formula is C18H24N2O3. The summed E-state index contributed by atoms with van der Waals surface area (Å²) in [7, 11) is 0. The predicted octanol–water partition coefficient (Wildman–Crippen LogP) is 2.88. The number of rotatable bonds is 3. The molecule has 0 spiro atoms. The summed E-state index contributed by atoms with van der Waals surface area (Å²) in [4.78, 5) is 24.1. The molecule has 0 aromatic heterocycles. The lowest BCUT2D eigenvalue weighted by Crippen LogP contribution is -2.40. The van der Waals surface area contributed by atoms with Gasteiger partial charge in [0, 0.05) is 30.3 Å². The summed E-state index contributed by atoms with van der Waals surface area (Å²) in [6, 6.07) is 5.53. The normalized spacial score (nSPS) is 24.0. The van der Waals surface area contributed by atoms with Crippen LogP contribution in [0, 0.1) is 5.92 Å². The first-order valence-electron chi connectivity index (χ1n) is 8.50. The molecule has 23 heavy (non-hydrogen) atoms. The molecule has 2 aliphatic carbocycles. The third-order valence-corrected chi connectivity index (χ3v) is 4.96. The Balaban J connectivity index is 1.56. The standard InChI is InChI=1S/C18H24N2O3/c21-11-12-4-7-14(8-5-12)19-18(23)20-15-9-6-13-2-1-3-17(22)16(13)10-15/h6,9-10,12,14,21H,1-5,7-8,11H2,(H2,19,20,23). The molecule has 1 fully saturated rings. The molecule has 0 aliphatic heterocycles. The number of urea groups is 1. The van der Waals surface area contributed by atoms with E-state index >= 15 is 0 Å². The molecule has 2 amide bonds. The summed E-state index contributed by atoms with van der Waals surface area (Å²) >= 11 is 0. The van der Waals surface area contributed by atoms with Crippen LogP contribution in [0.1, 0.15) is 54.4 Å². The predicted molar refractivity (Wildman–Crippen MR) is 88.7 cm³/mol. The molecule has 0 radical (unpaired) electrons. The third-order valence-electron chi connectivity index (χ3n) is 4.96. The number of anilines is 1. The van der Waals surface area contributed by atoms with Gasteiger partial charge in [-0.15, -0.1) is 0 Å². The second-order valence-corrected chi connectivity index (χ2v) is 6.65. The maximum Gasteiger partial charge on any atom is 0.319 e. The van der Waals surface area contributed by atoms with Crippen molar-refractivity contribution in [1.82, 2.24) is 5.32 Å². The van der Waals surface area contributed by atoms with Crippen molar-refractivity contribution in [3.63, 3.8) is 0 Å². The fourth-order valence-corrected chi connectivity index (χ4v) is 3.55. The van der Waals surface area contributed by atoms with Crippen LogP contribution in [-0.2, 0) is 6.42 Å². The van der Waals surface area contributed by atoms with E-state index < -0.39 is 0 Å². The van der Waals surface area contributed by atoms with Crippen LogP contribution in [-0.4, -0.2) is 29.6 Å². The van der Waals surface area contributed by atoms with Gasteiger partial charge in [-0.3, -0.25) is 4.79 Å². The molecule has 5 nitrogen and oxygen atoms in total. The molecule has 1 aromatic carbocycles. The number of aliphatic hydroxyl groups is 1. The van der Waals surface area contributed by atoms with E-state index in [0.717, 1.165) is 49.7 Å². The van der Waals surface area contributed by atoms with Crippen LogP contribution in [0.5, 0.6) is 0 Å². The van der Waals surface area contributed by atoms with Crippen molar-refractivity contribution in [3.05, 3.63) is 29.3 Å². The Bertz CT molecular complexity index is 592. The zero-order valence-electron chi connectivity index (χ0n) is 13.3. The zero-order chi connectivity index (χ0) is 16.2. The molecule has 0 bridgehead atoms. The number of fused-ring (bicyclic) bond motifs is 1. The Labute approximate surface area is 136 Å². The van der Waals surface area contributed by atoms with E-state index in [1.807, 2.05) is 12.1 Å². The van der Waals surface area contributed by atoms with Gasteiger partial charge in [-0.05, 0) is 62.1 Å². The lowest BCUT2D eigenvalue weighted by atomic mass is 9.87. The molecule has 0 heterocycles. The maximum atomic E-state index is 12.1. The number of hydrogen-bond donors (Lipinski definition) is 3. The minimum Gasteiger partial charge on any atom is -0.396 e.